The highest BCUT2D eigenvalue weighted by molar-refractivity contribution is 7.80. The maximum absolute atomic E-state index is 11.8. The minimum Gasteiger partial charge on any atom is -0.472 e. The highest BCUT2D eigenvalue weighted by Gasteiger charge is 2.10. The highest BCUT2D eigenvalue weighted by atomic mass is 35.5. The average Bonchev–Trinajstić information content (AvgIpc) is 3.87. The van der Waals surface area contributed by atoms with Crippen molar-refractivity contribution < 1.29 is 14.7 Å². The monoisotopic (exact) mass is 836 g/mol. The molecule has 0 fully saturated rings. The number of pyridine rings is 2. The normalized spacial score (nSPS) is 10.1. The molecule has 13 heteroatoms. The largest absolute Gasteiger partial charge is 0.472 e. The Kier molecular flexibility index (Phi) is 17.7. The summed E-state index contributed by atoms with van der Waals surface area (Å²) in [5.41, 5.74) is 13.9. The highest BCUT2D eigenvalue weighted by Crippen LogP contribution is 2.24. The first-order valence-corrected chi connectivity index (χ1v) is 19.6. The molecule has 9 nitrogen and oxygen atoms in total. The van der Waals surface area contributed by atoms with Crippen molar-refractivity contribution in [1.29, 1.82) is 0 Å². The Bertz CT molecular complexity index is 2490. The van der Waals surface area contributed by atoms with E-state index >= 15 is 0 Å². The fourth-order valence-electron chi connectivity index (χ4n) is 5.87. The number of hydrogen-bond donors (Lipinski definition) is 5. The molecule has 292 valence electrons. The van der Waals surface area contributed by atoms with E-state index in [1.807, 2.05) is 67.1 Å². The molecule has 6 N–H and O–H groups in total. The number of nitrogen functional groups attached to an aromatic ring is 1. The van der Waals surface area contributed by atoms with Gasteiger partial charge in [0, 0.05) is 62.9 Å². The third-order valence-corrected chi connectivity index (χ3v) is 9.98. The predicted molar refractivity (Wildman–Crippen MR) is 241 cm³/mol. The topological polar surface area (TPSA) is 150 Å². The SMILES string of the molecule is CC#CC(=O)Nc1cc(Cl)ccc1CCC(=S)CCc1ccnc2[nH]ccc12.CC#CC(=O)O.Nc1cc(Cl)ccc1CCC(=S)CCc1ccnc2[nH]ccc12. The average molecular weight is 838 g/mol. The molecule has 57 heavy (non-hydrogen) atoms. The van der Waals surface area contributed by atoms with Gasteiger partial charge in [-0.05, 0) is 152 Å². The van der Waals surface area contributed by atoms with E-state index in [-0.39, 0.29) is 5.91 Å². The van der Waals surface area contributed by atoms with Gasteiger partial charge in [-0.3, -0.25) is 4.79 Å². The van der Waals surface area contributed by atoms with Crippen molar-refractivity contribution in [3.8, 4) is 23.7 Å². The molecular weight excluding hydrogens is 796 g/mol. The molecule has 0 bridgehead atoms. The Morgan fingerprint density at radius 1 is 0.702 bits per heavy atom. The van der Waals surface area contributed by atoms with E-state index < -0.39 is 5.97 Å². The van der Waals surface area contributed by atoms with E-state index in [1.165, 1.54) is 23.4 Å². The van der Waals surface area contributed by atoms with Crippen molar-refractivity contribution in [3.63, 3.8) is 0 Å². The van der Waals surface area contributed by atoms with Gasteiger partial charge in [-0.15, -0.1) is 0 Å². The molecule has 0 spiro atoms. The van der Waals surface area contributed by atoms with Crippen LogP contribution in [0.15, 0.2) is 85.5 Å². The first kappa shape index (κ1) is 44.2. The number of carbonyl (C=O) groups excluding carboxylic acids is 1. The standard InChI is InChI=1S/C22H20ClN3OS.C18H18ClN3S.C4H4O2/c1-2-3-21(27)26-20-14-17(23)7-4-16(20)6-9-18(28)8-5-15-10-12-24-22-19(15)11-13-25-22;19-14-4-1-13(17(20)11-14)3-6-15(23)5-2-12-7-9-21-18-16(12)8-10-22-18;1-2-3-4(5)6/h4,7,10-14H,5-6,8-9H2,1H3,(H,24,25)(H,26,27);1,4,7-11H,2-3,5-6,20H2,(H,21,22);1H3,(H,5,6). The number of nitrogens with one attached hydrogen (secondary N) is 3. The molecule has 6 aromatic rings. The number of aryl methyl sites for hydroxylation is 4. The number of benzene rings is 2. The molecule has 0 aliphatic heterocycles. The minimum atomic E-state index is -1.07. The van der Waals surface area contributed by atoms with E-state index in [2.05, 4.69) is 55.1 Å². The third kappa shape index (κ3) is 14.5. The fraction of sp³-hybridized carbons (Fsp3) is 0.227. The molecule has 4 aromatic heterocycles. The number of aromatic nitrogens is 4. The number of fused-ring (bicyclic) bond motifs is 2. The van der Waals surface area contributed by atoms with Crippen molar-refractivity contribution in [2.45, 2.75) is 65.2 Å². The third-order valence-electron chi connectivity index (χ3n) is 8.69. The number of aromatic amines is 2. The van der Waals surface area contributed by atoms with Crippen LogP contribution < -0.4 is 11.1 Å². The first-order chi connectivity index (χ1) is 27.5. The number of carboxylic acids is 1. The van der Waals surface area contributed by atoms with Gasteiger partial charge in [-0.25, -0.2) is 14.8 Å². The lowest BCUT2D eigenvalue weighted by molar-refractivity contribution is -0.130. The van der Waals surface area contributed by atoms with Crippen LogP contribution in [0.1, 0.15) is 61.8 Å². The second kappa shape index (κ2) is 22.9. The van der Waals surface area contributed by atoms with Gasteiger partial charge < -0.3 is 26.1 Å². The van der Waals surface area contributed by atoms with E-state index in [4.69, 9.17) is 58.5 Å². The Balaban J connectivity index is 0.000000224. The summed E-state index contributed by atoms with van der Waals surface area (Å²) < 4.78 is 0. The first-order valence-electron chi connectivity index (χ1n) is 18.0. The summed E-state index contributed by atoms with van der Waals surface area (Å²) in [6.45, 7) is 3.11. The molecule has 0 unspecified atom stereocenters. The van der Waals surface area contributed by atoms with Crippen molar-refractivity contribution >= 4 is 103 Å². The number of rotatable bonds is 13. The van der Waals surface area contributed by atoms with E-state index in [0.29, 0.717) is 15.7 Å². The molecule has 0 aliphatic carbocycles. The summed E-state index contributed by atoms with van der Waals surface area (Å²) in [5.74, 6) is 7.75. The lowest BCUT2D eigenvalue weighted by Gasteiger charge is -2.11. The second-order valence-corrected chi connectivity index (χ2v) is 14.7. The van der Waals surface area contributed by atoms with Crippen molar-refractivity contribution in [2.75, 3.05) is 11.1 Å². The smallest absolute Gasteiger partial charge is 0.381 e. The van der Waals surface area contributed by atoms with Crippen LogP contribution in [0.4, 0.5) is 11.4 Å². The van der Waals surface area contributed by atoms with Gasteiger partial charge >= 0.3 is 5.97 Å². The second-order valence-electron chi connectivity index (χ2n) is 12.7. The van der Waals surface area contributed by atoms with E-state index in [1.54, 1.807) is 19.1 Å². The molecule has 0 saturated carbocycles. The molecular formula is C44H42Cl2N6O3S2. The lowest BCUT2D eigenvalue weighted by Crippen LogP contribution is -2.11. The molecule has 4 heterocycles. The van der Waals surface area contributed by atoms with Crippen molar-refractivity contribution in [3.05, 3.63) is 118 Å². The Labute approximate surface area is 353 Å². The van der Waals surface area contributed by atoms with Gasteiger partial charge in [-0.2, -0.15) is 0 Å². The van der Waals surface area contributed by atoms with Crippen LogP contribution in [0, 0.1) is 23.7 Å². The number of amides is 1. The van der Waals surface area contributed by atoms with Gasteiger partial charge in [0.05, 0.1) is 0 Å². The number of nitrogens with two attached hydrogens (primary N) is 1. The molecule has 0 saturated heterocycles. The quantitative estimate of drug-likeness (QED) is 0.0439. The van der Waals surface area contributed by atoms with Crippen LogP contribution in [0.2, 0.25) is 10.0 Å². The van der Waals surface area contributed by atoms with Gasteiger partial charge in [0.1, 0.15) is 11.3 Å². The van der Waals surface area contributed by atoms with Crippen LogP contribution in [-0.4, -0.2) is 46.6 Å². The zero-order chi connectivity index (χ0) is 41.2. The molecule has 2 aromatic carbocycles. The Morgan fingerprint density at radius 3 is 1.65 bits per heavy atom. The van der Waals surface area contributed by atoms with Crippen molar-refractivity contribution in [1.82, 2.24) is 19.9 Å². The zero-order valence-electron chi connectivity index (χ0n) is 31.5. The van der Waals surface area contributed by atoms with Crippen LogP contribution in [0.25, 0.3) is 22.1 Å². The summed E-state index contributed by atoms with van der Waals surface area (Å²) in [7, 11) is 0. The van der Waals surface area contributed by atoms with Gasteiger partial charge in [0.15, 0.2) is 0 Å². The van der Waals surface area contributed by atoms with Crippen LogP contribution in [0.3, 0.4) is 0 Å². The number of carbonyl (C=O) groups is 2. The molecule has 0 atom stereocenters. The number of halogens is 2. The Morgan fingerprint density at radius 2 is 1.18 bits per heavy atom. The molecule has 6 rings (SSSR count). The van der Waals surface area contributed by atoms with E-state index in [9.17, 15) is 9.59 Å². The number of H-pyrrole nitrogens is 2. The molecule has 1 amide bonds. The number of anilines is 2. The summed E-state index contributed by atoms with van der Waals surface area (Å²) in [6.07, 6.45) is 14.2. The molecule has 0 aliphatic rings. The number of carboxylic acid groups (broad SMARTS) is 1. The number of nitrogens with zero attached hydrogens (tertiary/aromatic N) is 2. The summed E-state index contributed by atoms with van der Waals surface area (Å²) in [4.78, 5) is 38.2. The maximum Gasteiger partial charge on any atom is 0.381 e. The number of aliphatic carboxylic acids is 1. The lowest BCUT2D eigenvalue weighted by atomic mass is 10.0. The minimum absolute atomic E-state index is 0.346. The van der Waals surface area contributed by atoms with Gasteiger partial charge in [-0.1, -0.05) is 71.6 Å². The van der Waals surface area contributed by atoms with Crippen LogP contribution >= 0.6 is 47.6 Å². The summed E-state index contributed by atoms with van der Waals surface area (Å²) in [5, 5.41) is 14.1. The molecule has 0 radical (unpaired) electrons. The van der Waals surface area contributed by atoms with Gasteiger partial charge in [0.25, 0.3) is 5.91 Å². The summed E-state index contributed by atoms with van der Waals surface area (Å²) in [6, 6.07) is 19.3. The summed E-state index contributed by atoms with van der Waals surface area (Å²) >= 11 is 23.1. The van der Waals surface area contributed by atoms with Crippen LogP contribution in [-0.2, 0) is 35.3 Å². The fourth-order valence-corrected chi connectivity index (χ4v) is 6.63. The number of thiocarbonyl (C=S) groups is 2. The zero-order valence-corrected chi connectivity index (χ0v) is 34.7. The van der Waals surface area contributed by atoms with E-state index in [0.717, 1.165) is 94.6 Å². The van der Waals surface area contributed by atoms with Crippen LogP contribution in [0.5, 0.6) is 0 Å². The Hall–Kier alpha value is -5.56. The predicted octanol–water partition coefficient (Wildman–Crippen LogP) is 9.94. The van der Waals surface area contributed by atoms with Gasteiger partial charge in [0.2, 0.25) is 0 Å². The number of hydrogen-bond acceptors (Lipinski definition) is 7. The van der Waals surface area contributed by atoms with Crippen molar-refractivity contribution in [2.24, 2.45) is 0 Å². The maximum atomic E-state index is 11.8.